The van der Waals surface area contributed by atoms with Gasteiger partial charge in [0.15, 0.2) is 0 Å². The van der Waals surface area contributed by atoms with Crippen LogP contribution in [0.2, 0.25) is 0 Å². The van der Waals surface area contributed by atoms with Crippen LogP contribution in [0.1, 0.15) is 44.6 Å². The third kappa shape index (κ3) is 3.72. The second-order valence-electron chi connectivity index (χ2n) is 5.35. The minimum atomic E-state index is 0.128. The Morgan fingerprint density at radius 3 is 2.74 bits per heavy atom. The van der Waals surface area contributed by atoms with Crippen molar-refractivity contribution in [3.63, 3.8) is 0 Å². The Morgan fingerprint density at radius 2 is 2.05 bits per heavy atom. The number of carbonyl (C=O) groups is 1. The largest absolute Gasteiger partial charge is 0.371 e. The summed E-state index contributed by atoms with van der Waals surface area (Å²) in [4.78, 5) is 14.2. The summed E-state index contributed by atoms with van der Waals surface area (Å²) in [5, 5.41) is 3.04. The summed E-state index contributed by atoms with van der Waals surface area (Å²) in [6, 6.07) is 6.37. The second kappa shape index (κ2) is 6.60. The maximum atomic E-state index is 11.8. The van der Waals surface area contributed by atoms with Gasteiger partial charge in [0.25, 0.3) is 0 Å². The number of nitrogens with one attached hydrogen (secondary N) is 1. The van der Waals surface area contributed by atoms with Gasteiger partial charge in [0, 0.05) is 30.9 Å². The molecule has 3 heteroatoms. The Balaban J connectivity index is 2.06. The summed E-state index contributed by atoms with van der Waals surface area (Å²) in [5.74, 6) is 0.128. The van der Waals surface area contributed by atoms with Crippen molar-refractivity contribution < 1.29 is 4.79 Å². The molecular weight excluding hydrogens is 236 g/mol. The van der Waals surface area contributed by atoms with Crippen molar-refractivity contribution in [3.05, 3.63) is 23.8 Å². The first-order valence-electron chi connectivity index (χ1n) is 7.36. The zero-order valence-electron chi connectivity index (χ0n) is 12.0. The molecule has 0 bridgehead atoms. The van der Waals surface area contributed by atoms with Crippen molar-refractivity contribution in [3.8, 4) is 0 Å². The number of anilines is 2. The summed E-state index contributed by atoms with van der Waals surface area (Å²) >= 11 is 0. The molecule has 1 fully saturated rings. The van der Waals surface area contributed by atoms with Gasteiger partial charge >= 0.3 is 0 Å². The van der Waals surface area contributed by atoms with Crippen LogP contribution in [-0.2, 0) is 4.79 Å². The molecule has 0 atom stereocenters. The molecule has 0 saturated carbocycles. The summed E-state index contributed by atoms with van der Waals surface area (Å²) in [7, 11) is 0. The Labute approximate surface area is 116 Å². The van der Waals surface area contributed by atoms with Gasteiger partial charge in [-0.05, 0) is 43.9 Å². The number of carbonyl (C=O) groups excluding carboxylic acids is 1. The molecule has 1 amide bonds. The molecule has 1 aromatic rings. The lowest BCUT2D eigenvalue weighted by Gasteiger charge is -2.19. The van der Waals surface area contributed by atoms with E-state index in [1.54, 1.807) is 0 Å². The molecule has 1 aliphatic rings. The average molecular weight is 260 g/mol. The summed E-state index contributed by atoms with van der Waals surface area (Å²) in [5.41, 5.74) is 3.33. The quantitative estimate of drug-likeness (QED) is 0.875. The van der Waals surface area contributed by atoms with Crippen molar-refractivity contribution in [2.75, 3.05) is 23.3 Å². The topological polar surface area (TPSA) is 32.3 Å². The highest BCUT2D eigenvalue weighted by molar-refractivity contribution is 5.92. The zero-order valence-corrected chi connectivity index (χ0v) is 12.0. The summed E-state index contributed by atoms with van der Waals surface area (Å²) < 4.78 is 0. The molecule has 1 N–H and O–H groups in total. The lowest BCUT2D eigenvalue weighted by atomic mass is 10.1. The van der Waals surface area contributed by atoms with Crippen molar-refractivity contribution in [1.82, 2.24) is 0 Å². The van der Waals surface area contributed by atoms with Gasteiger partial charge in [-0.15, -0.1) is 0 Å². The highest BCUT2D eigenvalue weighted by atomic mass is 16.1. The fraction of sp³-hybridized carbons (Fsp3) is 0.562. The standard InChI is InChI=1S/C16H24N2O/c1-3-4-7-16(19)17-15-12-14(9-8-13(15)2)18-10-5-6-11-18/h8-9,12H,3-7,10-11H2,1-2H3,(H,17,19). The Hall–Kier alpha value is -1.51. The fourth-order valence-electron chi connectivity index (χ4n) is 2.47. The molecule has 0 aromatic heterocycles. The fourth-order valence-corrected chi connectivity index (χ4v) is 2.47. The molecule has 1 heterocycles. The smallest absolute Gasteiger partial charge is 0.224 e. The minimum absolute atomic E-state index is 0.128. The normalized spacial score (nSPS) is 14.7. The lowest BCUT2D eigenvalue weighted by Crippen LogP contribution is -2.18. The van der Waals surface area contributed by atoms with Crippen LogP contribution >= 0.6 is 0 Å². The van der Waals surface area contributed by atoms with Crippen LogP contribution in [0.25, 0.3) is 0 Å². The van der Waals surface area contributed by atoms with E-state index in [1.165, 1.54) is 18.5 Å². The first-order valence-corrected chi connectivity index (χ1v) is 7.36. The zero-order chi connectivity index (χ0) is 13.7. The van der Waals surface area contributed by atoms with Gasteiger partial charge in [-0.25, -0.2) is 0 Å². The van der Waals surface area contributed by atoms with Gasteiger partial charge in [-0.1, -0.05) is 19.4 Å². The maximum Gasteiger partial charge on any atom is 0.224 e. The molecular formula is C16H24N2O. The number of hydrogen-bond donors (Lipinski definition) is 1. The number of amides is 1. The molecule has 19 heavy (non-hydrogen) atoms. The summed E-state index contributed by atoms with van der Waals surface area (Å²) in [6.07, 6.45) is 5.17. The second-order valence-corrected chi connectivity index (χ2v) is 5.35. The first-order chi connectivity index (χ1) is 9.20. The molecule has 104 valence electrons. The van der Waals surface area contributed by atoms with Crippen LogP contribution in [0, 0.1) is 6.92 Å². The predicted molar refractivity (Wildman–Crippen MR) is 80.8 cm³/mol. The number of nitrogens with zero attached hydrogens (tertiary/aromatic N) is 1. The predicted octanol–water partition coefficient (Wildman–Crippen LogP) is 3.72. The number of hydrogen-bond acceptors (Lipinski definition) is 2. The Morgan fingerprint density at radius 1 is 1.32 bits per heavy atom. The van der Waals surface area contributed by atoms with E-state index >= 15 is 0 Å². The third-order valence-electron chi connectivity index (χ3n) is 3.72. The molecule has 0 unspecified atom stereocenters. The first kappa shape index (κ1) is 13.9. The van der Waals surface area contributed by atoms with Crippen LogP contribution < -0.4 is 10.2 Å². The van der Waals surface area contributed by atoms with Gasteiger partial charge in [-0.2, -0.15) is 0 Å². The molecule has 0 aliphatic carbocycles. The number of benzene rings is 1. The molecule has 1 saturated heterocycles. The van der Waals surface area contributed by atoms with E-state index < -0.39 is 0 Å². The van der Waals surface area contributed by atoms with Crippen molar-refractivity contribution >= 4 is 17.3 Å². The van der Waals surface area contributed by atoms with Crippen LogP contribution in [-0.4, -0.2) is 19.0 Å². The van der Waals surface area contributed by atoms with Gasteiger partial charge < -0.3 is 10.2 Å². The van der Waals surface area contributed by atoms with Crippen molar-refractivity contribution in [2.24, 2.45) is 0 Å². The number of aryl methyl sites for hydroxylation is 1. The van der Waals surface area contributed by atoms with E-state index in [1.807, 2.05) is 6.92 Å². The van der Waals surface area contributed by atoms with Crippen LogP contribution in [0.3, 0.4) is 0 Å². The monoisotopic (exact) mass is 260 g/mol. The maximum absolute atomic E-state index is 11.8. The number of unbranched alkanes of at least 4 members (excludes halogenated alkanes) is 1. The van der Waals surface area contributed by atoms with Crippen molar-refractivity contribution in [1.29, 1.82) is 0 Å². The van der Waals surface area contributed by atoms with Crippen LogP contribution in [0.5, 0.6) is 0 Å². The van der Waals surface area contributed by atoms with Gasteiger partial charge in [0.05, 0.1) is 0 Å². The van der Waals surface area contributed by atoms with Crippen LogP contribution in [0.15, 0.2) is 18.2 Å². The highest BCUT2D eigenvalue weighted by Gasteiger charge is 2.13. The third-order valence-corrected chi connectivity index (χ3v) is 3.72. The Kier molecular flexibility index (Phi) is 4.83. The van der Waals surface area contributed by atoms with Gasteiger partial charge in [-0.3, -0.25) is 4.79 Å². The molecule has 3 nitrogen and oxygen atoms in total. The van der Waals surface area contributed by atoms with Gasteiger partial charge in [0.2, 0.25) is 5.91 Å². The van der Waals surface area contributed by atoms with E-state index in [0.29, 0.717) is 6.42 Å². The van der Waals surface area contributed by atoms with E-state index in [-0.39, 0.29) is 5.91 Å². The highest BCUT2D eigenvalue weighted by Crippen LogP contribution is 2.26. The SMILES string of the molecule is CCCCC(=O)Nc1cc(N2CCCC2)ccc1C. The van der Waals surface area contributed by atoms with E-state index in [4.69, 9.17) is 0 Å². The average Bonchev–Trinajstić information content (AvgIpc) is 2.93. The van der Waals surface area contributed by atoms with E-state index in [2.05, 4.69) is 35.3 Å². The lowest BCUT2D eigenvalue weighted by molar-refractivity contribution is -0.116. The molecule has 2 rings (SSSR count). The van der Waals surface area contributed by atoms with Crippen molar-refractivity contribution in [2.45, 2.75) is 46.0 Å². The minimum Gasteiger partial charge on any atom is -0.371 e. The van der Waals surface area contributed by atoms with Gasteiger partial charge in [0.1, 0.15) is 0 Å². The number of rotatable bonds is 5. The summed E-state index contributed by atoms with van der Waals surface area (Å²) in [6.45, 7) is 6.41. The van der Waals surface area contributed by atoms with E-state index in [9.17, 15) is 4.79 Å². The molecule has 1 aliphatic heterocycles. The van der Waals surface area contributed by atoms with Crippen LogP contribution in [0.4, 0.5) is 11.4 Å². The molecule has 0 radical (unpaired) electrons. The molecule has 1 aromatic carbocycles. The van der Waals surface area contributed by atoms with E-state index in [0.717, 1.165) is 37.2 Å². The Bertz CT molecular complexity index is 436. The molecule has 0 spiro atoms.